The number of hydrogen-bond acceptors (Lipinski definition) is 6. The van der Waals surface area contributed by atoms with E-state index in [1.54, 1.807) is 0 Å². The molecule has 66 heavy (non-hydrogen) atoms. The first-order chi connectivity index (χ1) is 32.5. The summed E-state index contributed by atoms with van der Waals surface area (Å²) in [6.07, 6.45) is 74.6. The van der Waals surface area contributed by atoms with Gasteiger partial charge in [-0.05, 0) is 109 Å². The van der Waals surface area contributed by atoms with Gasteiger partial charge in [0.25, 0.3) is 0 Å². The van der Waals surface area contributed by atoms with Crippen LogP contribution in [0.3, 0.4) is 0 Å². The Bertz CT molecular complexity index is 1460. The summed E-state index contributed by atoms with van der Waals surface area (Å²) in [5.74, 6) is -1.11. The summed E-state index contributed by atoms with van der Waals surface area (Å²) in [6, 6.07) is 0. The van der Waals surface area contributed by atoms with Gasteiger partial charge in [-0.15, -0.1) is 0 Å². The van der Waals surface area contributed by atoms with Crippen LogP contribution in [0.2, 0.25) is 0 Å². The Balaban J connectivity index is 4.60. The third-order valence-corrected chi connectivity index (χ3v) is 10.4. The van der Waals surface area contributed by atoms with E-state index in [4.69, 9.17) is 14.2 Å². The number of allylic oxidation sites excluding steroid dienone is 22. The highest BCUT2D eigenvalue weighted by atomic mass is 16.6. The minimum atomic E-state index is -0.843. The minimum Gasteiger partial charge on any atom is -0.462 e. The van der Waals surface area contributed by atoms with Crippen molar-refractivity contribution in [3.63, 3.8) is 0 Å². The van der Waals surface area contributed by atoms with E-state index in [0.29, 0.717) is 12.8 Å². The average molecular weight is 911 g/mol. The molecule has 0 spiro atoms. The monoisotopic (exact) mass is 911 g/mol. The van der Waals surface area contributed by atoms with E-state index in [-0.39, 0.29) is 50.4 Å². The van der Waals surface area contributed by atoms with Gasteiger partial charge in [-0.2, -0.15) is 0 Å². The predicted octanol–water partition coefficient (Wildman–Crippen LogP) is 17.5. The van der Waals surface area contributed by atoms with Crippen molar-refractivity contribution in [3.05, 3.63) is 134 Å². The maximum Gasteiger partial charge on any atom is 0.306 e. The standard InChI is InChI=1S/C60H94O6/c1-4-7-10-13-16-19-22-25-27-29-30-31-33-35-38-41-44-47-50-53-59(62)65-56-57(55-64-58(61)52-49-46-43-40-37-34-24-21-18-15-12-9-6-3)66-60(63)54-51-48-45-42-39-36-32-28-26-23-20-17-14-11-8-5-2/h7-8,10-11,16-17,19-20,25-28,30-31,34-35,37-38,43-44,46-47,57H,4-6,9,12-15,18,21-24,29,32-33,36,39-42,45,48-56H2,1-3H3/b10-7-,11-8-,19-16-,20-17-,27-25-,28-26-,31-30-,37-34-,38-35-,46-43-,47-44-. The van der Waals surface area contributed by atoms with Gasteiger partial charge >= 0.3 is 17.9 Å². The molecule has 0 saturated carbocycles. The number of ether oxygens (including phenoxy) is 3. The van der Waals surface area contributed by atoms with E-state index in [1.165, 1.54) is 51.4 Å². The van der Waals surface area contributed by atoms with Crippen LogP contribution in [0, 0.1) is 0 Å². The third-order valence-electron chi connectivity index (χ3n) is 10.4. The molecule has 0 aromatic heterocycles. The van der Waals surface area contributed by atoms with Gasteiger partial charge in [0, 0.05) is 19.3 Å². The quantitative estimate of drug-likeness (QED) is 0.0262. The fraction of sp³-hybridized carbons (Fsp3) is 0.583. The van der Waals surface area contributed by atoms with Crippen LogP contribution in [0.1, 0.15) is 207 Å². The second-order valence-electron chi connectivity index (χ2n) is 16.7. The van der Waals surface area contributed by atoms with Crippen molar-refractivity contribution >= 4 is 17.9 Å². The van der Waals surface area contributed by atoms with Crippen LogP contribution in [-0.2, 0) is 28.6 Å². The summed E-state index contributed by atoms with van der Waals surface area (Å²) in [6.45, 7) is 6.25. The van der Waals surface area contributed by atoms with Crippen molar-refractivity contribution < 1.29 is 28.6 Å². The van der Waals surface area contributed by atoms with Crippen LogP contribution in [0.5, 0.6) is 0 Å². The molecule has 0 aromatic carbocycles. The van der Waals surface area contributed by atoms with Crippen molar-refractivity contribution in [2.45, 2.75) is 213 Å². The van der Waals surface area contributed by atoms with Gasteiger partial charge in [-0.25, -0.2) is 0 Å². The number of esters is 3. The van der Waals surface area contributed by atoms with Crippen LogP contribution < -0.4 is 0 Å². The summed E-state index contributed by atoms with van der Waals surface area (Å²) < 4.78 is 16.7. The smallest absolute Gasteiger partial charge is 0.306 e. The van der Waals surface area contributed by atoms with Crippen molar-refractivity contribution in [1.82, 2.24) is 0 Å². The van der Waals surface area contributed by atoms with Crippen molar-refractivity contribution in [3.8, 4) is 0 Å². The Morgan fingerprint density at radius 3 is 0.985 bits per heavy atom. The summed E-state index contributed by atoms with van der Waals surface area (Å²) in [7, 11) is 0. The van der Waals surface area contributed by atoms with E-state index in [0.717, 1.165) is 103 Å². The van der Waals surface area contributed by atoms with Crippen LogP contribution in [0.25, 0.3) is 0 Å². The van der Waals surface area contributed by atoms with Crippen LogP contribution in [0.4, 0.5) is 0 Å². The van der Waals surface area contributed by atoms with Crippen LogP contribution >= 0.6 is 0 Å². The Kier molecular flexibility index (Phi) is 49.6. The highest BCUT2D eigenvalue weighted by molar-refractivity contribution is 5.71. The maximum absolute atomic E-state index is 12.8. The molecule has 0 N–H and O–H groups in total. The van der Waals surface area contributed by atoms with E-state index in [9.17, 15) is 14.4 Å². The number of hydrogen-bond donors (Lipinski definition) is 0. The van der Waals surface area contributed by atoms with Crippen molar-refractivity contribution in [2.24, 2.45) is 0 Å². The molecule has 370 valence electrons. The van der Waals surface area contributed by atoms with Gasteiger partial charge in [-0.1, -0.05) is 212 Å². The first-order valence-electron chi connectivity index (χ1n) is 26.2. The van der Waals surface area contributed by atoms with Crippen molar-refractivity contribution in [2.75, 3.05) is 13.2 Å². The van der Waals surface area contributed by atoms with Gasteiger partial charge in [0.2, 0.25) is 0 Å². The number of unbranched alkanes of at least 4 members (excludes halogenated alkanes) is 12. The van der Waals surface area contributed by atoms with Gasteiger partial charge in [0.15, 0.2) is 6.10 Å². The molecule has 0 amide bonds. The Morgan fingerprint density at radius 1 is 0.318 bits per heavy atom. The summed E-state index contributed by atoms with van der Waals surface area (Å²) in [4.78, 5) is 37.9. The summed E-state index contributed by atoms with van der Waals surface area (Å²) >= 11 is 0. The Morgan fingerprint density at radius 2 is 0.621 bits per heavy atom. The van der Waals surface area contributed by atoms with Gasteiger partial charge < -0.3 is 14.2 Å². The lowest BCUT2D eigenvalue weighted by atomic mass is 10.1. The average Bonchev–Trinajstić information content (AvgIpc) is 3.31. The second kappa shape index (κ2) is 53.2. The highest BCUT2D eigenvalue weighted by Crippen LogP contribution is 2.12. The SMILES string of the molecule is CC/C=C\C/C=C\C/C=C\C/C=C\C/C=C\C/C=C\CCC(=O)OCC(COC(=O)CC/C=C\C/C=C\CCCCCCCC)OC(=O)CCCCCCCC/C=C\C/C=C\C/C=C\CC. The molecule has 6 nitrogen and oxygen atoms in total. The Hall–Kier alpha value is -4.45. The number of rotatable bonds is 45. The Labute approximate surface area is 405 Å². The van der Waals surface area contributed by atoms with Gasteiger partial charge in [0.1, 0.15) is 13.2 Å². The van der Waals surface area contributed by atoms with E-state index >= 15 is 0 Å². The molecule has 6 heteroatoms. The largest absolute Gasteiger partial charge is 0.462 e. The fourth-order valence-electron chi connectivity index (χ4n) is 6.53. The molecule has 0 aromatic rings. The van der Waals surface area contributed by atoms with Crippen LogP contribution in [-0.4, -0.2) is 37.2 Å². The minimum absolute atomic E-state index is 0.142. The number of carbonyl (C=O) groups excluding carboxylic acids is 3. The molecule has 0 aliphatic heterocycles. The van der Waals surface area contributed by atoms with Crippen molar-refractivity contribution in [1.29, 1.82) is 0 Å². The third kappa shape index (κ3) is 50.5. The second-order valence-corrected chi connectivity index (χ2v) is 16.7. The maximum atomic E-state index is 12.8. The predicted molar refractivity (Wildman–Crippen MR) is 283 cm³/mol. The molecule has 0 rings (SSSR count). The van der Waals surface area contributed by atoms with E-state index < -0.39 is 6.10 Å². The molecule has 0 aliphatic rings. The molecule has 1 unspecified atom stereocenters. The molecule has 0 bridgehead atoms. The molecular weight excluding hydrogens is 817 g/mol. The molecular formula is C60H94O6. The molecule has 0 fully saturated rings. The van der Waals surface area contributed by atoms with Gasteiger partial charge in [0.05, 0.1) is 0 Å². The lowest BCUT2D eigenvalue weighted by Gasteiger charge is -2.18. The van der Waals surface area contributed by atoms with E-state index in [1.807, 2.05) is 18.2 Å². The lowest BCUT2D eigenvalue weighted by Crippen LogP contribution is -2.30. The number of carbonyl (C=O) groups is 3. The first-order valence-corrected chi connectivity index (χ1v) is 26.2. The molecule has 1 atom stereocenters. The zero-order chi connectivity index (χ0) is 47.9. The van der Waals surface area contributed by atoms with Gasteiger partial charge in [-0.3, -0.25) is 14.4 Å². The summed E-state index contributed by atoms with van der Waals surface area (Å²) in [5.41, 5.74) is 0. The highest BCUT2D eigenvalue weighted by Gasteiger charge is 2.19. The summed E-state index contributed by atoms with van der Waals surface area (Å²) in [5, 5.41) is 0. The lowest BCUT2D eigenvalue weighted by molar-refractivity contribution is -0.166. The molecule has 0 saturated heterocycles. The zero-order valence-electron chi connectivity index (χ0n) is 42.1. The molecule has 0 aliphatic carbocycles. The molecule has 0 heterocycles. The van der Waals surface area contributed by atoms with E-state index in [2.05, 4.69) is 136 Å². The van der Waals surface area contributed by atoms with Crippen LogP contribution in [0.15, 0.2) is 134 Å². The fourth-order valence-corrected chi connectivity index (χ4v) is 6.53. The zero-order valence-corrected chi connectivity index (χ0v) is 42.1. The normalized spacial score (nSPS) is 13.2. The topological polar surface area (TPSA) is 78.9 Å². The first kappa shape index (κ1) is 61.5. The molecule has 0 radical (unpaired) electrons.